The minimum absolute atomic E-state index is 0.320. The Morgan fingerprint density at radius 3 is 2.79 bits per heavy atom. The van der Waals surface area contributed by atoms with Gasteiger partial charge >= 0.3 is 5.97 Å². The first kappa shape index (κ1) is 16.1. The molecule has 0 unspecified atom stereocenters. The summed E-state index contributed by atoms with van der Waals surface area (Å²) in [5.41, 5.74) is 0.443. The summed E-state index contributed by atoms with van der Waals surface area (Å²) in [6.45, 7) is -0.320. The Labute approximate surface area is 144 Å². The number of benzene rings is 2. The molecule has 122 valence electrons. The zero-order chi connectivity index (χ0) is 17.1. The number of hydrogen-bond donors (Lipinski definition) is 0. The molecule has 0 bridgehead atoms. The van der Waals surface area contributed by atoms with E-state index in [0.29, 0.717) is 26.7 Å². The van der Waals surface area contributed by atoms with Gasteiger partial charge in [-0.25, -0.2) is 4.79 Å². The monoisotopic (exact) mass is 389 g/mol. The van der Waals surface area contributed by atoms with Gasteiger partial charge in [0.25, 0.3) is 5.56 Å². The minimum atomic E-state index is -0.583. The second-order valence-corrected chi connectivity index (χ2v) is 5.68. The fourth-order valence-electron chi connectivity index (χ4n) is 2.10. The molecular formula is C16H12BrN3O4. The van der Waals surface area contributed by atoms with Gasteiger partial charge in [0.05, 0.1) is 22.5 Å². The molecule has 0 radical (unpaired) electrons. The second kappa shape index (κ2) is 6.79. The third kappa shape index (κ3) is 3.13. The molecule has 0 spiro atoms. The number of nitrogens with zero attached hydrogens (tertiary/aromatic N) is 3. The van der Waals surface area contributed by atoms with Crippen LogP contribution in [-0.2, 0) is 11.5 Å². The van der Waals surface area contributed by atoms with E-state index in [4.69, 9.17) is 9.47 Å². The molecule has 0 N–H and O–H groups in total. The Bertz CT molecular complexity index is 971. The van der Waals surface area contributed by atoms with Crippen LogP contribution >= 0.6 is 15.9 Å². The minimum Gasteiger partial charge on any atom is -0.496 e. The molecule has 7 nitrogen and oxygen atoms in total. The van der Waals surface area contributed by atoms with Crippen molar-refractivity contribution >= 4 is 32.8 Å². The van der Waals surface area contributed by atoms with Crippen molar-refractivity contribution in [2.45, 2.75) is 6.73 Å². The van der Waals surface area contributed by atoms with Gasteiger partial charge in [0.1, 0.15) is 11.3 Å². The van der Waals surface area contributed by atoms with Gasteiger partial charge in [0.15, 0.2) is 6.73 Å². The van der Waals surface area contributed by atoms with E-state index in [1.807, 2.05) is 0 Å². The first-order valence-electron chi connectivity index (χ1n) is 6.93. The van der Waals surface area contributed by atoms with E-state index in [1.54, 1.807) is 42.5 Å². The third-order valence-electron chi connectivity index (χ3n) is 3.33. The first-order valence-corrected chi connectivity index (χ1v) is 7.72. The van der Waals surface area contributed by atoms with Crippen LogP contribution in [0.15, 0.2) is 51.7 Å². The summed E-state index contributed by atoms with van der Waals surface area (Å²) >= 11 is 3.30. The lowest BCUT2D eigenvalue weighted by atomic mass is 10.2. The Kier molecular flexibility index (Phi) is 4.57. The summed E-state index contributed by atoms with van der Waals surface area (Å²) in [5, 5.41) is 8.10. The Morgan fingerprint density at radius 1 is 1.25 bits per heavy atom. The molecule has 3 aromatic rings. The average Bonchev–Trinajstić information content (AvgIpc) is 2.61. The zero-order valence-corrected chi connectivity index (χ0v) is 14.2. The molecule has 1 aromatic heterocycles. The van der Waals surface area contributed by atoms with Crippen molar-refractivity contribution in [1.29, 1.82) is 0 Å². The van der Waals surface area contributed by atoms with Crippen molar-refractivity contribution in [1.82, 2.24) is 15.0 Å². The van der Waals surface area contributed by atoms with E-state index in [2.05, 4.69) is 26.2 Å². The van der Waals surface area contributed by atoms with E-state index in [0.717, 1.165) is 4.68 Å². The van der Waals surface area contributed by atoms with Crippen LogP contribution in [0.3, 0.4) is 0 Å². The van der Waals surface area contributed by atoms with Crippen LogP contribution < -0.4 is 10.3 Å². The topological polar surface area (TPSA) is 83.3 Å². The molecule has 0 saturated heterocycles. The third-order valence-corrected chi connectivity index (χ3v) is 3.95. The summed E-state index contributed by atoms with van der Waals surface area (Å²) in [4.78, 5) is 24.4. The normalized spacial score (nSPS) is 10.6. The van der Waals surface area contributed by atoms with Crippen molar-refractivity contribution in [2.24, 2.45) is 0 Å². The van der Waals surface area contributed by atoms with Crippen LogP contribution in [0.25, 0.3) is 10.9 Å². The smallest absolute Gasteiger partial charge is 0.339 e. The van der Waals surface area contributed by atoms with E-state index in [-0.39, 0.29) is 12.3 Å². The number of aromatic nitrogens is 3. The van der Waals surface area contributed by atoms with E-state index in [1.165, 1.54) is 7.11 Å². The van der Waals surface area contributed by atoms with Crippen molar-refractivity contribution in [2.75, 3.05) is 7.11 Å². The maximum Gasteiger partial charge on any atom is 0.339 e. The molecule has 0 aliphatic rings. The number of fused-ring (bicyclic) bond motifs is 1. The summed E-state index contributed by atoms with van der Waals surface area (Å²) < 4.78 is 11.9. The largest absolute Gasteiger partial charge is 0.496 e. The van der Waals surface area contributed by atoms with E-state index in [9.17, 15) is 9.59 Å². The molecule has 24 heavy (non-hydrogen) atoms. The molecular weight excluding hydrogens is 378 g/mol. The lowest BCUT2D eigenvalue weighted by Gasteiger charge is -2.08. The van der Waals surface area contributed by atoms with Gasteiger partial charge in [-0.1, -0.05) is 17.3 Å². The van der Waals surface area contributed by atoms with Gasteiger partial charge in [0, 0.05) is 0 Å². The molecule has 0 fully saturated rings. The molecule has 0 saturated carbocycles. The molecule has 1 heterocycles. The van der Waals surface area contributed by atoms with E-state index >= 15 is 0 Å². The Morgan fingerprint density at radius 2 is 2.04 bits per heavy atom. The maximum atomic E-state index is 12.3. The molecule has 0 amide bonds. The number of ether oxygens (including phenoxy) is 2. The number of carbonyl (C=O) groups is 1. The maximum absolute atomic E-state index is 12.3. The van der Waals surface area contributed by atoms with Gasteiger partial charge in [-0.15, -0.1) is 5.10 Å². The molecule has 0 aliphatic heterocycles. The quantitative estimate of drug-likeness (QED) is 0.637. The predicted octanol–water partition coefficient (Wildman–Crippen LogP) is 2.38. The van der Waals surface area contributed by atoms with Gasteiger partial charge in [-0.3, -0.25) is 4.79 Å². The Hall–Kier alpha value is -2.74. The van der Waals surface area contributed by atoms with Crippen LogP contribution in [0.5, 0.6) is 5.75 Å². The summed E-state index contributed by atoms with van der Waals surface area (Å²) in [6.07, 6.45) is 0. The highest BCUT2D eigenvalue weighted by Gasteiger charge is 2.12. The highest BCUT2D eigenvalue weighted by molar-refractivity contribution is 9.10. The van der Waals surface area contributed by atoms with Crippen LogP contribution in [0.1, 0.15) is 10.4 Å². The number of rotatable bonds is 4. The van der Waals surface area contributed by atoms with Crippen LogP contribution in [0, 0.1) is 0 Å². The molecule has 0 atom stereocenters. The number of carbonyl (C=O) groups excluding carboxylic acids is 1. The van der Waals surface area contributed by atoms with Crippen molar-refractivity contribution in [3.05, 3.63) is 62.9 Å². The van der Waals surface area contributed by atoms with Crippen molar-refractivity contribution < 1.29 is 14.3 Å². The zero-order valence-electron chi connectivity index (χ0n) is 12.6. The first-order chi connectivity index (χ1) is 11.6. The SMILES string of the molecule is COc1ccc(C(=O)OCn2nnc3ccccc3c2=O)cc1Br. The molecule has 8 heteroatoms. The van der Waals surface area contributed by atoms with Crippen LogP contribution in [-0.4, -0.2) is 28.1 Å². The highest BCUT2D eigenvalue weighted by atomic mass is 79.9. The van der Waals surface area contributed by atoms with Gasteiger partial charge in [-0.05, 0) is 46.3 Å². The van der Waals surface area contributed by atoms with Crippen molar-refractivity contribution in [3.63, 3.8) is 0 Å². The van der Waals surface area contributed by atoms with Gasteiger partial charge in [-0.2, -0.15) is 4.68 Å². The van der Waals surface area contributed by atoms with Crippen molar-refractivity contribution in [3.8, 4) is 5.75 Å². The summed E-state index contributed by atoms with van der Waals surface area (Å²) in [6, 6.07) is 11.6. The standard InChI is InChI=1S/C16H12BrN3O4/c1-23-14-7-6-10(8-12(14)17)16(22)24-9-20-15(21)11-4-2-3-5-13(11)18-19-20/h2-8H,9H2,1H3. The number of halogens is 1. The van der Waals surface area contributed by atoms with Gasteiger partial charge < -0.3 is 9.47 Å². The highest BCUT2D eigenvalue weighted by Crippen LogP contribution is 2.25. The summed E-state index contributed by atoms with van der Waals surface area (Å²) in [5.74, 6) is 0.0170. The lowest BCUT2D eigenvalue weighted by Crippen LogP contribution is -2.26. The number of hydrogen-bond acceptors (Lipinski definition) is 6. The van der Waals surface area contributed by atoms with E-state index < -0.39 is 5.97 Å². The van der Waals surface area contributed by atoms with Crippen LogP contribution in [0.4, 0.5) is 0 Å². The molecule has 3 rings (SSSR count). The molecule has 2 aromatic carbocycles. The number of esters is 1. The predicted molar refractivity (Wildman–Crippen MR) is 89.9 cm³/mol. The average molecular weight is 390 g/mol. The fourth-order valence-corrected chi connectivity index (χ4v) is 2.65. The lowest BCUT2D eigenvalue weighted by molar-refractivity contribution is 0.0336. The number of methoxy groups -OCH3 is 1. The Balaban J connectivity index is 1.78. The van der Waals surface area contributed by atoms with Crippen LogP contribution in [0.2, 0.25) is 0 Å². The fraction of sp³-hybridized carbons (Fsp3) is 0.125. The molecule has 0 aliphatic carbocycles. The van der Waals surface area contributed by atoms with Gasteiger partial charge in [0.2, 0.25) is 0 Å². The second-order valence-electron chi connectivity index (χ2n) is 4.82. The summed E-state index contributed by atoms with van der Waals surface area (Å²) in [7, 11) is 1.53.